The maximum absolute atomic E-state index is 13.0. The van der Waals surface area contributed by atoms with E-state index in [2.05, 4.69) is 15.2 Å². The van der Waals surface area contributed by atoms with Crippen LogP contribution >= 0.6 is 0 Å². The number of fused-ring (bicyclic) bond motifs is 1. The van der Waals surface area contributed by atoms with E-state index in [0.29, 0.717) is 22.9 Å². The van der Waals surface area contributed by atoms with Crippen molar-refractivity contribution in [1.29, 1.82) is 0 Å². The van der Waals surface area contributed by atoms with E-state index in [9.17, 15) is 23.4 Å². The number of halogens is 3. The van der Waals surface area contributed by atoms with Gasteiger partial charge in [-0.3, -0.25) is 4.57 Å². The molecule has 0 aliphatic carbocycles. The lowest BCUT2D eigenvalue weighted by Gasteiger charge is -2.39. The molecule has 1 aliphatic rings. The summed E-state index contributed by atoms with van der Waals surface area (Å²) in [7, 11) is 1.73. The van der Waals surface area contributed by atoms with Gasteiger partial charge in [-0.15, -0.1) is 10.2 Å². The number of benzene rings is 1. The molecule has 0 atom stereocenters. The first kappa shape index (κ1) is 18.6. The number of phenols is 1. The van der Waals surface area contributed by atoms with Crippen molar-refractivity contribution in [2.45, 2.75) is 31.5 Å². The van der Waals surface area contributed by atoms with E-state index in [-0.39, 0.29) is 18.8 Å². The first-order valence-corrected chi connectivity index (χ1v) is 8.85. The van der Waals surface area contributed by atoms with Crippen LogP contribution in [0.1, 0.15) is 18.4 Å². The van der Waals surface area contributed by atoms with Crippen molar-refractivity contribution in [3.8, 4) is 17.3 Å². The van der Waals surface area contributed by atoms with Gasteiger partial charge < -0.3 is 20.1 Å². The van der Waals surface area contributed by atoms with Crippen LogP contribution in [0.15, 0.2) is 18.2 Å². The monoisotopic (exact) mass is 395 g/mol. The third-order valence-electron chi connectivity index (χ3n) is 5.35. The zero-order valence-electron chi connectivity index (χ0n) is 15.4. The molecule has 3 aromatic rings. The zero-order valence-corrected chi connectivity index (χ0v) is 15.4. The normalized spacial score (nSPS) is 17.4. The quantitative estimate of drug-likeness (QED) is 0.621. The number of anilines is 1. The highest BCUT2D eigenvalue weighted by molar-refractivity contribution is 5.90. The molecule has 0 unspecified atom stereocenters. The largest absolute Gasteiger partial charge is 0.507 e. The molecule has 2 aromatic heterocycles. The number of H-pyrrole nitrogens is 1. The van der Waals surface area contributed by atoms with E-state index in [1.165, 1.54) is 0 Å². The minimum atomic E-state index is -4.64. The Labute approximate surface area is 158 Å². The number of piperidine rings is 1. The highest BCUT2D eigenvalue weighted by Crippen LogP contribution is 2.39. The molecular weight excluding hydrogens is 375 g/mol. The number of aromatic nitrogens is 4. The van der Waals surface area contributed by atoms with Gasteiger partial charge in [0.15, 0.2) is 11.4 Å². The van der Waals surface area contributed by atoms with Crippen LogP contribution in [-0.2, 0) is 7.05 Å². The number of rotatable bonds is 2. The van der Waals surface area contributed by atoms with Gasteiger partial charge in [0, 0.05) is 43.9 Å². The fraction of sp³-hybridized carbons (Fsp3) is 0.444. The van der Waals surface area contributed by atoms with E-state index in [1.54, 1.807) is 28.6 Å². The number of hydrogen-bond donors (Lipinski definition) is 3. The Balaban J connectivity index is 1.62. The van der Waals surface area contributed by atoms with Crippen LogP contribution in [0.25, 0.3) is 22.4 Å². The van der Waals surface area contributed by atoms with Crippen molar-refractivity contribution in [3.63, 3.8) is 0 Å². The molecule has 7 nitrogen and oxygen atoms in total. The van der Waals surface area contributed by atoms with Crippen LogP contribution in [0.5, 0.6) is 5.75 Å². The van der Waals surface area contributed by atoms with Crippen molar-refractivity contribution >= 4 is 16.9 Å². The van der Waals surface area contributed by atoms with Crippen molar-refractivity contribution in [2.75, 3.05) is 18.0 Å². The maximum Gasteiger partial charge on any atom is 0.417 e. The van der Waals surface area contributed by atoms with Crippen molar-refractivity contribution in [3.05, 3.63) is 23.8 Å². The molecule has 0 radical (unpaired) electrons. The lowest BCUT2D eigenvalue weighted by molar-refractivity contribution is -0.266. The number of phenolic OH excluding ortho intramolecular Hbond substituents is 1. The Hall–Kier alpha value is -2.75. The summed E-state index contributed by atoms with van der Waals surface area (Å²) in [4.78, 5) is 4.87. The molecule has 3 N–H and O–H groups in total. The summed E-state index contributed by atoms with van der Waals surface area (Å²) < 4.78 is 40.7. The molecule has 1 fully saturated rings. The van der Waals surface area contributed by atoms with Gasteiger partial charge in [0.1, 0.15) is 5.75 Å². The Kier molecular flexibility index (Phi) is 4.07. The summed E-state index contributed by atoms with van der Waals surface area (Å²) in [5.41, 5.74) is -0.356. The van der Waals surface area contributed by atoms with Crippen LogP contribution < -0.4 is 4.90 Å². The zero-order chi connectivity index (χ0) is 20.3. The molecule has 0 bridgehead atoms. The van der Waals surface area contributed by atoms with Crippen molar-refractivity contribution < 1.29 is 23.4 Å². The van der Waals surface area contributed by atoms with E-state index in [0.717, 1.165) is 11.1 Å². The number of hydrogen-bond acceptors (Lipinski definition) is 5. The fourth-order valence-corrected chi connectivity index (χ4v) is 3.67. The number of aromatic amines is 1. The predicted molar refractivity (Wildman–Crippen MR) is 97.1 cm³/mol. The van der Waals surface area contributed by atoms with Gasteiger partial charge in [-0.25, -0.2) is 0 Å². The van der Waals surface area contributed by atoms with Crippen molar-refractivity contribution in [1.82, 2.24) is 19.7 Å². The molecule has 10 heteroatoms. The average Bonchev–Trinajstić information content (AvgIpc) is 3.18. The number of aryl methyl sites for hydroxylation is 1. The Morgan fingerprint density at radius 3 is 2.46 bits per heavy atom. The SMILES string of the molecule is Cc1cc(O)c2cc(-c3nnc(N4CCC(O)(C(F)(F)F)CC4)n3C)[nH]c2c1. The van der Waals surface area contributed by atoms with Gasteiger partial charge in [0.25, 0.3) is 0 Å². The Bertz CT molecular complexity index is 1030. The first-order valence-electron chi connectivity index (χ1n) is 8.85. The topological polar surface area (TPSA) is 90.2 Å². The lowest BCUT2D eigenvalue weighted by Crippen LogP contribution is -2.53. The van der Waals surface area contributed by atoms with Gasteiger partial charge in [-0.05, 0) is 30.7 Å². The third kappa shape index (κ3) is 2.88. The molecule has 0 saturated carbocycles. The second kappa shape index (κ2) is 6.13. The average molecular weight is 395 g/mol. The summed E-state index contributed by atoms with van der Waals surface area (Å²) in [5, 5.41) is 28.9. The van der Waals surface area contributed by atoms with E-state index < -0.39 is 24.6 Å². The molecular formula is C18H20F3N5O2. The molecule has 1 aliphatic heterocycles. The fourth-order valence-electron chi connectivity index (χ4n) is 3.67. The number of nitrogens with one attached hydrogen (secondary N) is 1. The maximum atomic E-state index is 13.0. The van der Waals surface area contributed by atoms with Crippen LogP contribution in [0.3, 0.4) is 0 Å². The highest BCUT2D eigenvalue weighted by atomic mass is 19.4. The Morgan fingerprint density at radius 2 is 1.82 bits per heavy atom. The van der Waals surface area contributed by atoms with Gasteiger partial charge in [0.2, 0.25) is 5.95 Å². The summed E-state index contributed by atoms with van der Waals surface area (Å²) in [5.74, 6) is 1.08. The molecule has 1 aromatic carbocycles. The molecule has 28 heavy (non-hydrogen) atoms. The molecule has 0 amide bonds. The predicted octanol–water partition coefficient (Wildman–Crippen LogP) is 2.87. The molecule has 150 valence electrons. The summed E-state index contributed by atoms with van der Waals surface area (Å²) in [6, 6.07) is 5.33. The van der Waals surface area contributed by atoms with Crippen LogP contribution in [0, 0.1) is 6.92 Å². The third-order valence-corrected chi connectivity index (χ3v) is 5.35. The molecule has 1 saturated heterocycles. The van der Waals surface area contributed by atoms with Gasteiger partial charge in [-0.2, -0.15) is 13.2 Å². The standard InChI is InChI=1S/C18H20F3N5O2/c1-10-7-12-11(14(27)8-10)9-13(22-12)15-23-24-16(25(15)2)26-5-3-17(28,4-6-26)18(19,20)21/h7-9,22,27-28H,3-6H2,1-2H3. The van der Waals surface area contributed by atoms with E-state index in [4.69, 9.17) is 0 Å². The summed E-state index contributed by atoms with van der Waals surface area (Å²) >= 11 is 0. The number of aliphatic hydroxyl groups is 1. The first-order chi connectivity index (χ1) is 13.1. The molecule has 0 spiro atoms. The smallest absolute Gasteiger partial charge is 0.417 e. The number of alkyl halides is 3. The Morgan fingerprint density at radius 1 is 1.14 bits per heavy atom. The van der Waals surface area contributed by atoms with Crippen molar-refractivity contribution in [2.24, 2.45) is 7.05 Å². The van der Waals surface area contributed by atoms with Crippen LogP contribution in [-0.4, -0.2) is 54.8 Å². The number of aromatic hydroxyl groups is 1. The molecule has 4 rings (SSSR count). The van der Waals surface area contributed by atoms with E-state index >= 15 is 0 Å². The minimum Gasteiger partial charge on any atom is -0.507 e. The van der Waals surface area contributed by atoms with Gasteiger partial charge in [-0.1, -0.05) is 0 Å². The second-order valence-corrected chi connectivity index (χ2v) is 7.33. The van der Waals surface area contributed by atoms with Gasteiger partial charge in [0.05, 0.1) is 5.69 Å². The lowest BCUT2D eigenvalue weighted by atomic mass is 9.91. The number of nitrogens with zero attached hydrogens (tertiary/aromatic N) is 4. The minimum absolute atomic E-state index is 0.0225. The summed E-state index contributed by atoms with van der Waals surface area (Å²) in [6.07, 6.45) is -5.48. The summed E-state index contributed by atoms with van der Waals surface area (Å²) in [6.45, 7) is 1.92. The van der Waals surface area contributed by atoms with Crippen LogP contribution in [0.2, 0.25) is 0 Å². The highest BCUT2D eigenvalue weighted by Gasteiger charge is 2.54. The second-order valence-electron chi connectivity index (χ2n) is 7.33. The van der Waals surface area contributed by atoms with E-state index in [1.807, 2.05) is 13.0 Å². The van der Waals surface area contributed by atoms with Gasteiger partial charge >= 0.3 is 6.18 Å². The van der Waals surface area contributed by atoms with Crippen LogP contribution in [0.4, 0.5) is 19.1 Å². The molecule has 3 heterocycles.